The quantitative estimate of drug-likeness (QED) is 0.744. The molecule has 4 unspecified atom stereocenters. The van der Waals surface area contributed by atoms with Crippen molar-refractivity contribution >= 4 is 0 Å². The number of β-amino-alcohol motifs (C(OH)–C–C–N with tert-alkyl or cyclic N) is 1. The molecule has 1 saturated carbocycles. The lowest BCUT2D eigenvalue weighted by Crippen LogP contribution is -2.40. The third-order valence-corrected chi connectivity index (χ3v) is 4.25. The van der Waals surface area contributed by atoms with Crippen LogP contribution in [0.1, 0.15) is 39.5 Å². The molecule has 4 atom stereocenters. The smallest absolute Gasteiger partial charge is 0.0692 e. The number of likely N-dealkylation sites (tertiary alicyclic amines) is 1. The first-order chi connectivity index (χ1) is 6.70. The summed E-state index contributed by atoms with van der Waals surface area (Å²) in [6, 6.07) is 0.804. The first-order valence-corrected chi connectivity index (χ1v) is 6.12. The van der Waals surface area contributed by atoms with Crippen molar-refractivity contribution in [2.75, 3.05) is 13.1 Å². The Morgan fingerprint density at radius 3 is 2.71 bits per heavy atom. The molecule has 0 spiro atoms. The molecular weight excluding hydrogens is 174 g/mol. The SMILES string of the molecule is CCC(C)C(O)CN1CC2CCC1C2. The number of fused-ring (bicyclic) bond motifs is 2. The second-order valence-corrected chi connectivity index (χ2v) is 5.24. The first-order valence-electron chi connectivity index (χ1n) is 6.12. The zero-order chi connectivity index (χ0) is 10.1. The molecule has 1 saturated heterocycles. The van der Waals surface area contributed by atoms with Crippen LogP contribution in [0.5, 0.6) is 0 Å². The van der Waals surface area contributed by atoms with Crippen LogP contribution in [0.15, 0.2) is 0 Å². The lowest BCUT2D eigenvalue weighted by molar-refractivity contribution is 0.0564. The van der Waals surface area contributed by atoms with Crippen molar-refractivity contribution < 1.29 is 5.11 Å². The van der Waals surface area contributed by atoms with Gasteiger partial charge in [-0.3, -0.25) is 4.90 Å². The van der Waals surface area contributed by atoms with Gasteiger partial charge in [-0.25, -0.2) is 0 Å². The number of rotatable bonds is 4. The van der Waals surface area contributed by atoms with Gasteiger partial charge in [0.15, 0.2) is 0 Å². The molecular formula is C12H23NO. The summed E-state index contributed by atoms with van der Waals surface area (Å²) >= 11 is 0. The Balaban J connectivity index is 1.80. The maximum atomic E-state index is 9.96. The van der Waals surface area contributed by atoms with Crippen molar-refractivity contribution in [3.63, 3.8) is 0 Å². The maximum Gasteiger partial charge on any atom is 0.0692 e. The van der Waals surface area contributed by atoms with Crippen molar-refractivity contribution in [3.05, 3.63) is 0 Å². The summed E-state index contributed by atoms with van der Waals surface area (Å²) in [7, 11) is 0. The largest absolute Gasteiger partial charge is 0.392 e. The van der Waals surface area contributed by atoms with Crippen molar-refractivity contribution in [1.29, 1.82) is 0 Å². The van der Waals surface area contributed by atoms with Gasteiger partial charge in [0, 0.05) is 19.1 Å². The fourth-order valence-electron chi connectivity index (χ4n) is 2.94. The molecule has 1 aliphatic carbocycles. The van der Waals surface area contributed by atoms with Gasteiger partial charge in [0.25, 0.3) is 0 Å². The van der Waals surface area contributed by atoms with E-state index in [0.29, 0.717) is 5.92 Å². The Morgan fingerprint density at radius 1 is 1.43 bits per heavy atom. The highest BCUT2D eigenvalue weighted by Crippen LogP contribution is 2.37. The van der Waals surface area contributed by atoms with Gasteiger partial charge in [0.2, 0.25) is 0 Å². The van der Waals surface area contributed by atoms with Crippen LogP contribution in [0, 0.1) is 11.8 Å². The van der Waals surface area contributed by atoms with Crippen LogP contribution in [0.4, 0.5) is 0 Å². The highest BCUT2D eigenvalue weighted by atomic mass is 16.3. The normalized spacial score (nSPS) is 36.2. The number of nitrogens with zero attached hydrogens (tertiary/aromatic N) is 1. The summed E-state index contributed by atoms with van der Waals surface area (Å²) in [4.78, 5) is 2.52. The lowest BCUT2D eigenvalue weighted by Gasteiger charge is -2.30. The average Bonchev–Trinajstić information content (AvgIpc) is 2.77. The Morgan fingerprint density at radius 2 is 2.21 bits per heavy atom. The number of hydrogen-bond donors (Lipinski definition) is 1. The summed E-state index contributed by atoms with van der Waals surface area (Å²) in [6.45, 7) is 6.47. The molecule has 1 aliphatic heterocycles. The molecule has 1 heterocycles. The number of hydrogen-bond acceptors (Lipinski definition) is 2. The van der Waals surface area contributed by atoms with Crippen LogP contribution in [-0.4, -0.2) is 35.2 Å². The van der Waals surface area contributed by atoms with Crippen LogP contribution < -0.4 is 0 Å². The van der Waals surface area contributed by atoms with Gasteiger partial charge >= 0.3 is 0 Å². The lowest BCUT2D eigenvalue weighted by atomic mass is 10.0. The third kappa shape index (κ3) is 1.96. The number of piperidine rings is 1. The Bertz CT molecular complexity index is 195. The predicted octanol–water partition coefficient (Wildman–Crippen LogP) is 1.88. The van der Waals surface area contributed by atoms with Gasteiger partial charge in [-0.15, -0.1) is 0 Å². The molecule has 2 heteroatoms. The fraction of sp³-hybridized carbons (Fsp3) is 1.00. The molecule has 2 fully saturated rings. The van der Waals surface area contributed by atoms with Crippen molar-refractivity contribution in [2.24, 2.45) is 11.8 Å². The molecule has 0 aromatic carbocycles. The molecule has 0 aromatic heterocycles. The maximum absolute atomic E-state index is 9.96. The zero-order valence-electron chi connectivity index (χ0n) is 9.45. The van der Waals surface area contributed by atoms with E-state index < -0.39 is 0 Å². The van der Waals surface area contributed by atoms with E-state index in [-0.39, 0.29) is 6.10 Å². The minimum absolute atomic E-state index is 0.112. The minimum atomic E-state index is -0.112. The van der Waals surface area contributed by atoms with Crippen molar-refractivity contribution in [3.8, 4) is 0 Å². The van der Waals surface area contributed by atoms with Crippen LogP contribution in [0.3, 0.4) is 0 Å². The molecule has 0 amide bonds. The molecule has 2 nitrogen and oxygen atoms in total. The predicted molar refractivity (Wildman–Crippen MR) is 58.2 cm³/mol. The third-order valence-electron chi connectivity index (χ3n) is 4.25. The summed E-state index contributed by atoms with van der Waals surface area (Å²) < 4.78 is 0. The Hall–Kier alpha value is -0.0800. The topological polar surface area (TPSA) is 23.5 Å². The first kappa shape index (κ1) is 10.4. The van der Waals surface area contributed by atoms with Gasteiger partial charge < -0.3 is 5.11 Å². The van der Waals surface area contributed by atoms with E-state index in [1.165, 1.54) is 25.8 Å². The second-order valence-electron chi connectivity index (χ2n) is 5.24. The minimum Gasteiger partial charge on any atom is -0.392 e. The van der Waals surface area contributed by atoms with Crippen LogP contribution in [0.25, 0.3) is 0 Å². The van der Waals surface area contributed by atoms with Crippen LogP contribution >= 0.6 is 0 Å². The molecule has 14 heavy (non-hydrogen) atoms. The second kappa shape index (κ2) is 4.19. The van der Waals surface area contributed by atoms with E-state index in [2.05, 4.69) is 18.7 Å². The van der Waals surface area contributed by atoms with Gasteiger partial charge in [-0.1, -0.05) is 20.3 Å². The zero-order valence-corrected chi connectivity index (χ0v) is 9.45. The number of aliphatic hydroxyl groups excluding tert-OH is 1. The molecule has 0 radical (unpaired) electrons. The number of aliphatic hydroxyl groups is 1. The van der Waals surface area contributed by atoms with Gasteiger partial charge in [0.05, 0.1) is 6.10 Å². The van der Waals surface area contributed by atoms with Crippen LogP contribution in [-0.2, 0) is 0 Å². The molecule has 0 aromatic rings. The Labute approximate surface area is 87.3 Å². The van der Waals surface area contributed by atoms with Gasteiger partial charge in [0.1, 0.15) is 0 Å². The highest BCUT2D eigenvalue weighted by Gasteiger charge is 2.38. The van der Waals surface area contributed by atoms with Crippen molar-refractivity contribution in [2.45, 2.75) is 51.7 Å². The van der Waals surface area contributed by atoms with Crippen molar-refractivity contribution in [1.82, 2.24) is 4.90 Å². The monoisotopic (exact) mass is 197 g/mol. The Kier molecular flexibility index (Phi) is 3.13. The molecule has 82 valence electrons. The summed E-state index contributed by atoms with van der Waals surface area (Å²) in [6.07, 6.45) is 5.17. The van der Waals surface area contributed by atoms with E-state index in [0.717, 1.165) is 24.9 Å². The van der Waals surface area contributed by atoms with Gasteiger partial charge in [-0.2, -0.15) is 0 Å². The molecule has 1 N–H and O–H groups in total. The standard InChI is InChI=1S/C12H23NO/c1-3-9(2)12(14)8-13-7-10-4-5-11(13)6-10/h9-12,14H,3-8H2,1-2H3. The van der Waals surface area contributed by atoms with E-state index in [9.17, 15) is 5.11 Å². The summed E-state index contributed by atoms with van der Waals surface area (Å²) in [5, 5.41) is 9.96. The summed E-state index contributed by atoms with van der Waals surface area (Å²) in [5.41, 5.74) is 0. The molecule has 2 bridgehead atoms. The highest BCUT2D eigenvalue weighted by molar-refractivity contribution is 4.92. The van der Waals surface area contributed by atoms with Gasteiger partial charge in [-0.05, 0) is 31.1 Å². The van der Waals surface area contributed by atoms with E-state index in [1.54, 1.807) is 0 Å². The van der Waals surface area contributed by atoms with Crippen LogP contribution in [0.2, 0.25) is 0 Å². The molecule has 2 aliphatic rings. The fourth-order valence-corrected chi connectivity index (χ4v) is 2.94. The summed E-state index contributed by atoms with van der Waals surface area (Å²) in [5.74, 6) is 1.40. The van der Waals surface area contributed by atoms with E-state index >= 15 is 0 Å². The van der Waals surface area contributed by atoms with E-state index in [1.807, 2.05) is 0 Å². The average molecular weight is 197 g/mol. The van der Waals surface area contributed by atoms with E-state index in [4.69, 9.17) is 0 Å². The molecule has 2 rings (SSSR count).